The Balaban J connectivity index is 0.000000213. The van der Waals surface area contributed by atoms with Crippen LogP contribution in [0.5, 0.6) is 0 Å². The maximum absolute atomic E-state index is 12.9. The number of nitrogens with one attached hydrogen (secondary N) is 1. The van der Waals surface area contributed by atoms with Crippen LogP contribution in [0, 0.1) is 17.5 Å². The van der Waals surface area contributed by atoms with Crippen molar-refractivity contribution in [2.45, 2.75) is 0 Å². The van der Waals surface area contributed by atoms with E-state index in [0.717, 1.165) is 27.3 Å². The van der Waals surface area contributed by atoms with Gasteiger partial charge in [0, 0.05) is 60.2 Å². The zero-order valence-corrected chi connectivity index (χ0v) is 35.2. The average molecular weight is 1020 g/mol. The van der Waals surface area contributed by atoms with Gasteiger partial charge in [-0.25, -0.2) is 27.3 Å². The van der Waals surface area contributed by atoms with Crippen LogP contribution < -0.4 is 11.3 Å². The average Bonchev–Trinajstić information content (AvgIpc) is 3.86. The van der Waals surface area contributed by atoms with Gasteiger partial charge in [-0.15, -0.1) is 12.4 Å². The summed E-state index contributed by atoms with van der Waals surface area (Å²) in [7, 11) is 0. The fourth-order valence-electron chi connectivity index (χ4n) is 4.68. The minimum Gasteiger partial charge on any atom is -0.478 e. The number of nitrogen functional groups attached to an aromatic ring is 1. The minimum absolute atomic E-state index is 0. The second-order valence-electron chi connectivity index (χ2n) is 10.9. The number of carbonyl (C=O) groups is 2. The topological polar surface area (TPSA) is 201 Å². The third kappa shape index (κ3) is 12.9. The van der Waals surface area contributed by atoms with E-state index in [4.69, 9.17) is 20.5 Å². The Morgan fingerprint density at radius 2 is 1.03 bits per heavy atom. The third-order valence-electron chi connectivity index (χ3n) is 7.34. The first-order valence-electron chi connectivity index (χ1n) is 15.9. The van der Waals surface area contributed by atoms with Gasteiger partial charge in [-0.2, -0.15) is 19.8 Å². The van der Waals surface area contributed by atoms with Crippen molar-refractivity contribution < 1.29 is 37.5 Å². The molecule has 0 amide bonds. The molecule has 3 aromatic carbocycles. The van der Waals surface area contributed by atoms with Crippen LogP contribution in [-0.2, 0) is 9.59 Å². The van der Waals surface area contributed by atoms with Crippen LogP contribution in [0.2, 0.25) is 0 Å². The highest BCUT2D eigenvalue weighted by atomic mass is 79.9. The molecule has 0 saturated carbocycles. The number of carboxylic acid groups (broad SMARTS) is 1. The number of carboxylic acids is 1. The fourth-order valence-corrected chi connectivity index (χ4v) is 6.22. The Labute approximate surface area is 363 Å². The third-order valence-corrected chi connectivity index (χ3v) is 9.23. The molecule has 5 heterocycles. The Morgan fingerprint density at radius 1 is 0.644 bits per heavy atom. The summed E-state index contributed by atoms with van der Waals surface area (Å²) in [5.41, 5.74) is 6.66. The lowest BCUT2D eigenvalue weighted by Gasteiger charge is -2.03. The van der Waals surface area contributed by atoms with Crippen LogP contribution in [0.4, 0.5) is 18.9 Å². The molecule has 4 N–H and O–H groups in total. The van der Waals surface area contributed by atoms with Gasteiger partial charge < -0.3 is 10.5 Å². The number of anilines is 1. The number of aromatic nitrogens is 7. The smallest absolute Gasteiger partial charge is 0.373 e. The number of nitrogens with zero attached hydrogens (tertiary/aromatic N) is 7. The largest absolute Gasteiger partial charge is 0.478 e. The summed E-state index contributed by atoms with van der Waals surface area (Å²) in [6.45, 7) is 0. The molecule has 59 heavy (non-hydrogen) atoms. The zero-order chi connectivity index (χ0) is 42.2. The van der Waals surface area contributed by atoms with Crippen LogP contribution in [-0.4, -0.2) is 58.0 Å². The normalized spacial score (nSPS) is 9.75. The van der Waals surface area contributed by atoms with E-state index < -0.39 is 5.97 Å². The summed E-state index contributed by atoms with van der Waals surface area (Å²) in [4.78, 5) is 49.5. The van der Waals surface area contributed by atoms with E-state index in [-0.39, 0.29) is 41.6 Å². The number of hydrogen-bond donors (Lipinski definition) is 3. The van der Waals surface area contributed by atoms with Crippen molar-refractivity contribution in [3.8, 4) is 11.4 Å². The predicted molar refractivity (Wildman–Crippen MR) is 224 cm³/mol. The molecule has 0 spiro atoms. The van der Waals surface area contributed by atoms with Gasteiger partial charge in [0.1, 0.15) is 17.5 Å². The quantitative estimate of drug-likeness (QED) is 0.0841. The van der Waals surface area contributed by atoms with Crippen molar-refractivity contribution in [1.29, 1.82) is 0 Å². The molecule has 21 heteroatoms. The summed E-state index contributed by atoms with van der Waals surface area (Å²) in [5.74, 6) is 3.11. The molecule has 0 fully saturated rings. The SMILES string of the molecule is Cl.Fc1ccc(-n2ncc3c(Br)cncc32)cc1.NNc1ccc(F)cc1.O=C(O)c1cncc2c1cnn2-c1ccc(F)cc1.O=C=O.O=Cc1c(Br)cncc1Br. The number of fused-ring (bicyclic) bond motifs is 2. The molecule has 8 rings (SSSR count). The van der Waals surface area contributed by atoms with E-state index in [1.165, 1.54) is 59.7 Å². The second kappa shape index (κ2) is 23.3. The number of rotatable bonds is 5. The molecular weight excluding hydrogens is 995 g/mol. The van der Waals surface area contributed by atoms with Gasteiger partial charge in [0.05, 0.1) is 52.8 Å². The summed E-state index contributed by atoms with van der Waals surface area (Å²) < 4.78 is 43.5. The van der Waals surface area contributed by atoms with Gasteiger partial charge >= 0.3 is 12.1 Å². The molecule has 5 aromatic heterocycles. The summed E-state index contributed by atoms with van der Waals surface area (Å²) in [5, 5.41) is 19.0. The maximum atomic E-state index is 12.9. The lowest BCUT2D eigenvalue weighted by Crippen LogP contribution is -2.05. The van der Waals surface area contributed by atoms with Gasteiger partial charge in [-0.3, -0.25) is 25.6 Å². The molecular formula is C38H26Br3ClF3N9O5. The molecule has 0 saturated heterocycles. The van der Waals surface area contributed by atoms with Crippen molar-refractivity contribution in [3.63, 3.8) is 0 Å². The Bertz CT molecular complexity index is 2650. The first kappa shape index (κ1) is 47.2. The molecule has 0 radical (unpaired) electrons. The van der Waals surface area contributed by atoms with Crippen molar-refractivity contribution >= 4 is 106 Å². The van der Waals surface area contributed by atoms with E-state index in [1.54, 1.807) is 72.1 Å². The van der Waals surface area contributed by atoms with E-state index in [9.17, 15) is 22.8 Å². The number of hydrogen-bond acceptors (Lipinski definition) is 11. The van der Waals surface area contributed by atoms with Crippen molar-refractivity contribution in [3.05, 3.63) is 164 Å². The fraction of sp³-hybridized carbons (Fsp3) is 0. The summed E-state index contributed by atoms with van der Waals surface area (Å²) in [6.07, 6.45) is 13.7. The number of pyridine rings is 3. The van der Waals surface area contributed by atoms with Crippen LogP contribution in [0.15, 0.2) is 136 Å². The number of nitrogens with two attached hydrogens (primary N) is 1. The van der Waals surface area contributed by atoms with Gasteiger partial charge in [-0.05, 0) is 121 Å². The maximum Gasteiger partial charge on any atom is 0.373 e. The lowest BCUT2D eigenvalue weighted by atomic mass is 10.2. The van der Waals surface area contributed by atoms with Gasteiger partial charge in [0.25, 0.3) is 0 Å². The minimum atomic E-state index is -1.06. The van der Waals surface area contributed by atoms with E-state index in [2.05, 4.69) is 78.4 Å². The Hall–Kier alpha value is -6.15. The van der Waals surface area contributed by atoms with Gasteiger partial charge in [0.15, 0.2) is 6.29 Å². The number of halogens is 7. The first-order valence-corrected chi connectivity index (χ1v) is 18.3. The molecule has 0 unspecified atom stereocenters. The number of benzene rings is 3. The highest BCUT2D eigenvalue weighted by molar-refractivity contribution is 9.11. The monoisotopic (exact) mass is 1020 g/mol. The van der Waals surface area contributed by atoms with Crippen LogP contribution in [0.25, 0.3) is 33.2 Å². The van der Waals surface area contributed by atoms with Crippen LogP contribution in [0.1, 0.15) is 20.7 Å². The molecule has 0 bridgehead atoms. The Kier molecular flexibility index (Phi) is 18.7. The highest BCUT2D eigenvalue weighted by Crippen LogP contribution is 2.25. The van der Waals surface area contributed by atoms with Gasteiger partial charge in [0.2, 0.25) is 0 Å². The summed E-state index contributed by atoms with van der Waals surface area (Å²) in [6, 6.07) is 17.8. The molecule has 0 aliphatic heterocycles. The van der Waals surface area contributed by atoms with Crippen molar-refractivity contribution in [2.75, 3.05) is 5.43 Å². The molecule has 0 aliphatic rings. The highest BCUT2D eigenvalue weighted by Gasteiger charge is 2.14. The van der Waals surface area contributed by atoms with Crippen molar-refractivity contribution in [1.82, 2.24) is 34.5 Å². The predicted octanol–water partition coefficient (Wildman–Crippen LogP) is 8.95. The van der Waals surface area contributed by atoms with Crippen LogP contribution >= 0.6 is 60.2 Å². The summed E-state index contributed by atoms with van der Waals surface area (Å²) >= 11 is 9.79. The first-order chi connectivity index (χ1) is 27.9. The molecule has 14 nitrogen and oxygen atoms in total. The molecule has 0 atom stereocenters. The number of aromatic carboxylic acids is 1. The number of hydrazine groups is 1. The van der Waals surface area contributed by atoms with E-state index >= 15 is 0 Å². The van der Waals surface area contributed by atoms with Gasteiger partial charge in [-0.1, -0.05) is 0 Å². The number of aldehydes is 1. The van der Waals surface area contributed by atoms with E-state index in [0.29, 0.717) is 36.8 Å². The second-order valence-corrected chi connectivity index (χ2v) is 13.5. The van der Waals surface area contributed by atoms with Crippen molar-refractivity contribution in [2.24, 2.45) is 5.84 Å². The number of carbonyl (C=O) groups excluding carboxylic acids is 3. The lowest BCUT2D eigenvalue weighted by molar-refractivity contribution is -0.191. The molecule has 8 aromatic rings. The zero-order valence-electron chi connectivity index (χ0n) is 29.6. The molecule has 0 aliphatic carbocycles. The molecule has 302 valence electrons. The van der Waals surface area contributed by atoms with E-state index in [1.807, 2.05) is 0 Å². The Morgan fingerprint density at radius 3 is 1.46 bits per heavy atom. The van der Waals surface area contributed by atoms with Crippen LogP contribution in [0.3, 0.4) is 0 Å². The standard InChI is InChI=1S/C13H8FN3O2.C12H7BrFN3.C6H3Br2NO.C6H7FN2.CO2.ClH/c14-8-1-3-9(4-2-8)17-12-7-15-5-11(13(18)19)10(12)6-16-17;13-11-6-15-7-12-10(11)5-16-17(12)9-3-1-8(14)2-4-9;7-5-1-9-2-6(8)4(5)3-10;7-5-1-3-6(9-8)4-2-5;2-1-3;/h1-7H,(H,18,19);1-7H;1-3H;1-4,9H,8H2;;1H.